The minimum atomic E-state index is -4.34. The predicted octanol–water partition coefficient (Wildman–Crippen LogP) is 3.31. The highest BCUT2D eigenvalue weighted by Gasteiger charge is 2.32. The van der Waals surface area contributed by atoms with Crippen LogP contribution >= 0.6 is 0 Å². The zero-order valence-electron chi connectivity index (χ0n) is 10.1. The molecule has 0 radical (unpaired) electrons. The third kappa shape index (κ3) is 2.32. The van der Waals surface area contributed by atoms with Gasteiger partial charge in [-0.15, -0.1) is 0 Å². The van der Waals surface area contributed by atoms with E-state index in [1.807, 2.05) is 0 Å². The molecule has 0 amide bonds. The number of piperidine rings is 1. The van der Waals surface area contributed by atoms with Gasteiger partial charge < -0.3 is 9.84 Å². The second-order valence-electron chi connectivity index (χ2n) is 4.80. The molecule has 1 N–H and O–H groups in total. The minimum absolute atomic E-state index is 0.172. The van der Waals surface area contributed by atoms with Crippen LogP contribution in [0.1, 0.15) is 30.0 Å². The number of nitrogens with zero attached hydrogens (tertiary/aromatic N) is 1. The highest BCUT2D eigenvalue weighted by molar-refractivity contribution is 5.80. The van der Waals surface area contributed by atoms with Crippen LogP contribution in [0.15, 0.2) is 22.7 Å². The molecule has 0 spiro atoms. The summed E-state index contributed by atoms with van der Waals surface area (Å²) < 4.78 is 43.3. The Labute approximate surface area is 107 Å². The van der Waals surface area contributed by atoms with E-state index in [0.717, 1.165) is 38.1 Å². The first-order valence-corrected chi connectivity index (χ1v) is 6.23. The molecule has 6 heteroatoms. The molecular formula is C13H13F3N2O. The van der Waals surface area contributed by atoms with Gasteiger partial charge in [0, 0.05) is 11.3 Å². The fourth-order valence-electron chi connectivity index (χ4n) is 2.52. The summed E-state index contributed by atoms with van der Waals surface area (Å²) in [6.07, 6.45) is -2.59. The van der Waals surface area contributed by atoms with Crippen LogP contribution in [0.2, 0.25) is 0 Å². The molecule has 2 heterocycles. The summed E-state index contributed by atoms with van der Waals surface area (Å²) in [6.45, 7) is 1.72. The van der Waals surface area contributed by atoms with E-state index in [-0.39, 0.29) is 5.92 Å². The van der Waals surface area contributed by atoms with Crippen LogP contribution in [-0.4, -0.2) is 18.2 Å². The molecule has 1 aliphatic heterocycles. The maximum absolute atomic E-state index is 12.7. The van der Waals surface area contributed by atoms with Crippen LogP contribution in [0.3, 0.4) is 0 Å². The SMILES string of the molecule is FC(F)(F)c1ccc2onc(C3CCNCC3)c2c1. The monoisotopic (exact) mass is 270 g/mol. The Morgan fingerprint density at radius 1 is 1.21 bits per heavy atom. The predicted molar refractivity (Wildman–Crippen MR) is 63.9 cm³/mol. The van der Waals surface area contributed by atoms with Crippen LogP contribution in [0, 0.1) is 0 Å². The summed E-state index contributed by atoms with van der Waals surface area (Å²) in [4.78, 5) is 0. The molecule has 1 aromatic heterocycles. The Kier molecular flexibility index (Phi) is 2.97. The average Bonchev–Trinajstić information content (AvgIpc) is 2.81. The first-order chi connectivity index (χ1) is 9.05. The fraction of sp³-hybridized carbons (Fsp3) is 0.462. The van der Waals surface area contributed by atoms with Gasteiger partial charge in [-0.1, -0.05) is 5.16 Å². The largest absolute Gasteiger partial charge is 0.416 e. The van der Waals surface area contributed by atoms with Gasteiger partial charge in [0.2, 0.25) is 0 Å². The van der Waals surface area contributed by atoms with Crippen LogP contribution in [0.4, 0.5) is 13.2 Å². The molecule has 3 nitrogen and oxygen atoms in total. The first-order valence-electron chi connectivity index (χ1n) is 6.23. The van der Waals surface area contributed by atoms with Gasteiger partial charge in [-0.2, -0.15) is 13.2 Å². The molecule has 1 saturated heterocycles. The molecule has 0 atom stereocenters. The van der Waals surface area contributed by atoms with Gasteiger partial charge in [-0.3, -0.25) is 0 Å². The number of hydrogen-bond acceptors (Lipinski definition) is 3. The summed E-state index contributed by atoms with van der Waals surface area (Å²) in [5, 5.41) is 7.68. The third-order valence-corrected chi connectivity index (χ3v) is 3.55. The van der Waals surface area contributed by atoms with E-state index in [2.05, 4.69) is 10.5 Å². The van der Waals surface area contributed by atoms with Crippen molar-refractivity contribution in [3.05, 3.63) is 29.5 Å². The van der Waals surface area contributed by atoms with Gasteiger partial charge in [0.1, 0.15) is 0 Å². The van der Waals surface area contributed by atoms with Crippen molar-refractivity contribution in [2.45, 2.75) is 24.9 Å². The number of rotatable bonds is 1. The lowest BCUT2D eigenvalue weighted by molar-refractivity contribution is -0.137. The normalized spacial score (nSPS) is 18.1. The minimum Gasteiger partial charge on any atom is -0.356 e. The molecule has 2 aromatic rings. The topological polar surface area (TPSA) is 38.1 Å². The highest BCUT2D eigenvalue weighted by atomic mass is 19.4. The Morgan fingerprint density at radius 3 is 2.63 bits per heavy atom. The van der Waals surface area contributed by atoms with Crippen molar-refractivity contribution in [1.29, 1.82) is 0 Å². The van der Waals surface area contributed by atoms with Crippen molar-refractivity contribution in [1.82, 2.24) is 10.5 Å². The Hall–Kier alpha value is -1.56. The highest BCUT2D eigenvalue weighted by Crippen LogP contribution is 2.35. The van der Waals surface area contributed by atoms with Gasteiger partial charge in [0.25, 0.3) is 0 Å². The molecule has 3 rings (SSSR count). The van der Waals surface area contributed by atoms with Crippen molar-refractivity contribution in [2.75, 3.05) is 13.1 Å². The third-order valence-electron chi connectivity index (χ3n) is 3.55. The second-order valence-corrected chi connectivity index (χ2v) is 4.80. The summed E-state index contributed by atoms with van der Waals surface area (Å²) in [5.41, 5.74) is 0.419. The van der Waals surface area contributed by atoms with Crippen molar-refractivity contribution < 1.29 is 17.7 Å². The number of benzene rings is 1. The molecule has 102 valence electrons. The Bertz CT molecular complexity index is 585. The summed E-state index contributed by atoms with van der Waals surface area (Å²) in [7, 11) is 0. The summed E-state index contributed by atoms with van der Waals surface area (Å²) in [6, 6.07) is 3.51. The van der Waals surface area contributed by atoms with Crippen LogP contribution in [-0.2, 0) is 6.18 Å². The van der Waals surface area contributed by atoms with Crippen molar-refractivity contribution >= 4 is 11.0 Å². The van der Waals surface area contributed by atoms with Gasteiger partial charge >= 0.3 is 6.18 Å². The van der Waals surface area contributed by atoms with Gasteiger partial charge in [0.15, 0.2) is 5.58 Å². The number of halogens is 3. The lowest BCUT2D eigenvalue weighted by Crippen LogP contribution is -2.26. The van der Waals surface area contributed by atoms with E-state index in [1.165, 1.54) is 6.07 Å². The second kappa shape index (κ2) is 4.52. The fourth-order valence-corrected chi connectivity index (χ4v) is 2.52. The van der Waals surface area contributed by atoms with E-state index >= 15 is 0 Å². The standard InChI is InChI=1S/C13H13F3N2O/c14-13(15,16)9-1-2-11-10(7-9)12(18-19-11)8-3-5-17-6-4-8/h1-2,7-8,17H,3-6H2. The van der Waals surface area contributed by atoms with Crippen LogP contribution < -0.4 is 5.32 Å². The van der Waals surface area contributed by atoms with Crippen molar-refractivity contribution in [3.63, 3.8) is 0 Å². The lowest BCUT2D eigenvalue weighted by atomic mass is 9.92. The van der Waals surface area contributed by atoms with E-state index in [1.54, 1.807) is 0 Å². The number of fused-ring (bicyclic) bond motifs is 1. The van der Waals surface area contributed by atoms with E-state index in [9.17, 15) is 13.2 Å². The molecule has 0 unspecified atom stereocenters. The van der Waals surface area contributed by atoms with Crippen molar-refractivity contribution in [3.8, 4) is 0 Å². The van der Waals surface area contributed by atoms with Gasteiger partial charge in [-0.25, -0.2) is 0 Å². The Morgan fingerprint density at radius 2 is 1.95 bits per heavy atom. The number of hydrogen-bond donors (Lipinski definition) is 1. The smallest absolute Gasteiger partial charge is 0.356 e. The van der Waals surface area contributed by atoms with E-state index in [0.29, 0.717) is 16.7 Å². The molecule has 0 aliphatic carbocycles. The maximum Gasteiger partial charge on any atom is 0.416 e. The van der Waals surface area contributed by atoms with Gasteiger partial charge in [0.05, 0.1) is 11.3 Å². The summed E-state index contributed by atoms with van der Waals surface area (Å²) in [5.74, 6) is 0.172. The van der Waals surface area contributed by atoms with E-state index in [4.69, 9.17) is 4.52 Å². The molecule has 1 aromatic carbocycles. The Balaban J connectivity index is 2.05. The van der Waals surface area contributed by atoms with Crippen LogP contribution in [0.5, 0.6) is 0 Å². The molecule has 1 fully saturated rings. The average molecular weight is 270 g/mol. The lowest BCUT2D eigenvalue weighted by Gasteiger charge is -2.20. The summed E-state index contributed by atoms with van der Waals surface area (Å²) >= 11 is 0. The van der Waals surface area contributed by atoms with E-state index < -0.39 is 11.7 Å². The molecule has 0 saturated carbocycles. The quantitative estimate of drug-likeness (QED) is 0.864. The zero-order valence-corrected chi connectivity index (χ0v) is 10.1. The molecular weight excluding hydrogens is 257 g/mol. The number of nitrogens with one attached hydrogen (secondary N) is 1. The molecule has 19 heavy (non-hydrogen) atoms. The molecule has 1 aliphatic rings. The van der Waals surface area contributed by atoms with Crippen molar-refractivity contribution in [2.24, 2.45) is 0 Å². The number of alkyl halides is 3. The number of aromatic nitrogens is 1. The molecule has 0 bridgehead atoms. The van der Waals surface area contributed by atoms with Gasteiger partial charge in [-0.05, 0) is 44.1 Å². The first kappa shape index (κ1) is 12.5. The zero-order chi connectivity index (χ0) is 13.5. The van der Waals surface area contributed by atoms with Crippen LogP contribution in [0.25, 0.3) is 11.0 Å². The maximum atomic E-state index is 12.7.